The SMILES string of the molecule is C=C(/C=C\C=C/C)C1=CCC=C(C)C=C1. The maximum atomic E-state index is 4.05. The van der Waals surface area contributed by atoms with Gasteiger partial charge in [-0.3, -0.25) is 0 Å². The molecule has 1 aliphatic rings. The Morgan fingerprint density at radius 2 is 2.07 bits per heavy atom. The Labute approximate surface area is 92.7 Å². The molecule has 0 aromatic carbocycles. The van der Waals surface area contributed by atoms with E-state index in [1.165, 1.54) is 11.1 Å². The van der Waals surface area contributed by atoms with Crippen molar-refractivity contribution in [1.29, 1.82) is 0 Å². The average molecular weight is 198 g/mol. The van der Waals surface area contributed by atoms with E-state index < -0.39 is 0 Å². The lowest BCUT2D eigenvalue weighted by Crippen LogP contribution is -1.79. The van der Waals surface area contributed by atoms with E-state index in [-0.39, 0.29) is 0 Å². The van der Waals surface area contributed by atoms with Crippen LogP contribution in [-0.4, -0.2) is 0 Å². The van der Waals surface area contributed by atoms with Crippen molar-refractivity contribution in [2.75, 3.05) is 0 Å². The van der Waals surface area contributed by atoms with Crippen molar-refractivity contribution in [3.8, 4) is 0 Å². The van der Waals surface area contributed by atoms with Gasteiger partial charge in [0.15, 0.2) is 0 Å². The van der Waals surface area contributed by atoms with Crippen LogP contribution in [0.5, 0.6) is 0 Å². The van der Waals surface area contributed by atoms with Gasteiger partial charge in [0.1, 0.15) is 0 Å². The molecule has 0 fully saturated rings. The molecule has 0 aromatic heterocycles. The van der Waals surface area contributed by atoms with Crippen LogP contribution in [0.15, 0.2) is 71.9 Å². The molecular formula is C15H18. The minimum Gasteiger partial charge on any atom is -0.0912 e. The fourth-order valence-corrected chi connectivity index (χ4v) is 1.35. The van der Waals surface area contributed by atoms with Crippen molar-refractivity contribution in [1.82, 2.24) is 0 Å². The molecule has 0 atom stereocenters. The van der Waals surface area contributed by atoms with Gasteiger partial charge in [0.05, 0.1) is 0 Å². The summed E-state index contributed by atoms with van der Waals surface area (Å²) >= 11 is 0. The van der Waals surface area contributed by atoms with Crippen LogP contribution in [0.4, 0.5) is 0 Å². The van der Waals surface area contributed by atoms with E-state index in [1.807, 2.05) is 31.2 Å². The Hall–Kier alpha value is -1.56. The lowest BCUT2D eigenvalue weighted by atomic mass is 10.1. The fourth-order valence-electron chi connectivity index (χ4n) is 1.35. The lowest BCUT2D eigenvalue weighted by molar-refractivity contribution is 1.33. The Kier molecular flexibility index (Phi) is 4.62. The fraction of sp³-hybridized carbons (Fsp3) is 0.200. The van der Waals surface area contributed by atoms with E-state index in [0.717, 1.165) is 12.0 Å². The largest absolute Gasteiger partial charge is 0.0912 e. The number of allylic oxidation sites excluding steroid dienone is 11. The highest BCUT2D eigenvalue weighted by Crippen LogP contribution is 2.17. The van der Waals surface area contributed by atoms with Crippen molar-refractivity contribution in [3.63, 3.8) is 0 Å². The van der Waals surface area contributed by atoms with Gasteiger partial charge in [-0.1, -0.05) is 60.8 Å². The van der Waals surface area contributed by atoms with Crippen molar-refractivity contribution in [3.05, 3.63) is 71.9 Å². The van der Waals surface area contributed by atoms with Gasteiger partial charge in [-0.15, -0.1) is 0 Å². The minimum atomic E-state index is 0.991. The molecule has 0 nitrogen and oxygen atoms in total. The highest BCUT2D eigenvalue weighted by atomic mass is 14.0. The Morgan fingerprint density at radius 3 is 2.80 bits per heavy atom. The molecule has 0 spiro atoms. The first kappa shape index (κ1) is 11.5. The Balaban J connectivity index is 2.70. The molecule has 0 radical (unpaired) electrons. The van der Waals surface area contributed by atoms with Gasteiger partial charge in [0.25, 0.3) is 0 Å². The summed E-state index contributed by atoms with van der Waals surface area (Å²) in [5.74, 6) is 0. The summed E-state index contributed by atoms with van der Waals surface area (Å²) in [5.41, 5.74) is 3.59. The van der Waals surface area contributed by atoms with Crippen LogP contribution in [0.1, 0.15) is 20.3 Å². The van der Waals surface area contributed by atoms with E-state index in [9.17, 15) is 0 Å². The molecule has 1 rings (SSSR count). The summed E-state index contributed by atoms with van der Waals surface area (Å²) < 4.78 is 0. The second-order valence-corrected chi connectivity index (χ2v) is 3.59. The number of hydrogen-bond acceptors (Lipinski definition) is 0. The van der Waals surface area contributed by atoms with Crippen molar-refractivity contribution in [2.45, 2.75) is 20.3 Å². The lowest BCUT2D eigenvalue weighted by Gasteiger charge is -1.99. The molecule has 0 amide bonds. The van der Waals surface area contributed by atoms with E-state index in [4.69, 9.17) is 0 Å². The zero-order valence-electron chi connectivity index (χ0n) is 9.53. The molecule has 78 valence electrons. The average Bonchev–Trinajstić information content (AvgIpc) is 2.43. The van der Waals surface area contributed by atoms with Gasteiger partial charge in [0, 0.05) is 0 Å². The monoisotopic (exact) mass is 198 g/mol. The summed E-state index contributed by atoms with van der Waals surface area (Å²) in [6.45, 7) is 8.18. The van der Waals surface area contributed by atoms with Crippen LogP contribution in [0, 0.1) is 0 Å². The normalized spacial score (nSPS) is 16.7. The van der Waals surface area contributed by atoms with Crippen molar-refractivity contribution >= 4 is 0 Å². The van der Waals surface area contributed by atoms with Gasteiger partial charge in [0.2, 0.25) is 0 Å². The summed E-state index contributed by atoms with van der Waals surface area (Å²) in [4.78, 5) is 0. The molecule has 0 saturated heterocycles. The number of rotatable bonds is 3. The third-order valence-electron chi connectivity index (χ3n) is 2.28. The molecule has 0 bridgehead atoms. The minimum absolute atomic E-state index is 0.991. The molecule has 0 saturated carbocycles. The molecule has 0 heteroatoms. The number of hydrogen-bond donors (Lipinski definition) is 0. The first-order valence-corrected chi connectivity index (χ1v) is 5.27. The zero-order chi connectivity index (χ0) is 11.1. The topological polar surface area (TPSA) is 0 Å². The second-order valence-electron chi connectivity index (χ2n) is 3.59. The summed E-state index contributed by atoms with van der Waals surface area (Å²) in [6, 6.07) is 0. The molecule has 0 aliphatic heterocycles. The van der Waals surface area contributed by atoms with Crippen LogP contribution >= 0.6 is 0 Å². The smallest absolute Gasteiger partial charge is 0.0154 e. The summed E-state index contributed by atoms with van der Waals surface area (Å²) in [5, 5.41) is 0. The first-order valence-electron chi connectivity index (χ1n) is 5.27. The second kappa shape index (κ2) is 6.02. The molecular weight excluding hydrogens is 180 g/mol. The van der Waals surface area contributed by atoms with Gasteiger partial charge >= 0.3 is 0 Å². The maximum Gasteiger partial charge on any atom is -0.0154 e. The van der Waals surface area contributed by atoms with Crippen LogP contribution < -0.4 is 0 Å². The molecule has 1 aliphatic carbocycles. The van der Waals surface area contributed by atoms with Crippen molar-refractivity contribution in [2.24, 2.45) is 0 Å². The van der Waals surface area contributed by atoms with E-state index >= 15 is 0 Å². The van der Waals surface area contributed by atoms with Crippen LogP contribution in [0.25, 0.3) is 0 Å². The van der Waals surface area contributed by atoms with E-state index in [0.29, 0.717) is 0 Å². The van der Waals surface area contributed by atoms with E-state index in [2.05, 4.69) is 37.8 Å². The molecule has 15 heavy (non-hydrogen) atoms. The molecule has 0 heterocycles. The Morgan fingerprint density at radius 1 is 1.27 bits per heavy atom. The van der Waals surface area contributed by atoms with Gasteiger partial charge < -0.3 is 0 Å². The Bertz CT molecular complexity index is 371. The first-order chi connectivity index (χ1) is 7.24. The third kappa shape index (κ3) is 3.99. The predicted octanol–water partition coefficient (Wildman–Crippen LogP) is 4.51. The summed E-state index contributed by atoms with van der Waals surface area (Å²) in [7, 11) is 0. The van der Waals surface area contributed by atoms with Gasteiger partial charge in [-0.25, -0.2) is 0 Å². The van der Waals surface area contributed by atoms with E-state index in [1.54, 1.807) is 0 Å². The van der Waals surface area contributed by atoms with Crippen LogP contribution in [-0.2, 0) is 0 Å². The highest BCUT2D eigenvalue weighted by Gasteiger charge is 1.97. The molecule has 0 aromatic rings. The van der Waals surface area contributed by atoms with Crippen LogP contribution in [0.2, 0.25) is 0 Å². The molecule has 0 unspecified atom stereocenters. The maximum absolute atomic E-state index is 4.05. The standard InChI is InChI=1S/C15H18/c1-4-5-6-9-14(3)15-10-7-8-13(2)11-12-15/h4-6,8-12H,3,7H2,1-2H3/b5-4-,9-6-. The molecule has 0 N–H and O–H groups in total. The third-order valence-corrected chi connectivity index (χ3v) is 2.28. The zero-order valence-corrected chi connectivity index (χ0v) is 9.53. The highest BCUT2D eigenvalue weighted by molar-refractivity contribution is 5.48. The summed E-state index contributed by atoms with van der Waals surface area (Å²) in [6.07, 6.45) is 17.7. The van der Waals surface area contributed by atoms with Crippen molar-refractivity contribution < 1.29 is 0 Å². The van der Waals surface area contributed by atoms with Gasteiger partial charge in [-0.2, -0.15) is 0 Å². The van der Waals surface area contributed by atoms with Gasteiger partial charge in [-0.05, 0) is 31.4 Å². The quantitative estimate of drug-likeness (QED) is 0.585. The van der Waals surface area contributed by atoms with Crippen LogP contribution in [0.3, 0.4) is 0 Å². The predicted molar refractivity (Wildman–Crippen MR) is 68.7 cm³/mol.